The Bertz CT molecular complexity index is 813. The third-order valence-electron chi connectivity index (χ3n) is 3.62. The number of para-hydroxylation sites is 1. The summed E-state index contributed by atoms with van der Waals surface area (Å²) < 4.78 is 16.5. The highest BCUT2D eigenvalue weighted by Crippen LogP contribution is 2.41. The van der Waals surface area contributed by atoms with Gasteiger partial charge in [0.2, 0.25) is 0 Å². The average molecular weight is 363 g/mol. The maximum absolute atomic E-state index is 11.8. The first kappa shape index (κ1) is 17.2. The molecular weight excluding hydrogens is 346 g/mol. The zero-order valence-electron chi connectivity index (χ0n) is 13.8. The van der Waals surface area contributed by atoms with E-state index in [4.69, 9.17) is 14.2 Å². The minimum atomic E-state index is -0.552. The SMILES string of the molecule is CC1(C)Cc2cccc(OCC(=O)OCc3csc([N+](=O)[O-])c3)c2O1. The molecule has 1 aliphatic heterocycles. The van der Waals surface area contributed by atoms with E-state index >= 15 is 0 Å². The predicted octanol–water partition coefficient (Wildman–Crippen LogP) is 3.49. The molecule has 0 bridgehead atoms. The van der Waals surface area contributed by atoms with Crippen LogP contribution in [-0.4, -0.2) is 23.1 Å². The number of fused-ring (bicyclic) bond motifs is 1. The Labute approximate surface area is 148 Å². The molecule has 25 heavy (non-hydrogen) atoms. The van der Waals surface area contributed by atoms with Crippen LogP contribution in [0.15, 0.2) is 29.6 Å². The molecule has 0 atom stereocenters. The van der Waals surface area contributed by atoms with Gasteiger partial charge in [0.15, 0.2) is 18.1 Å². The molecule has 0 N–H and O–H groups in total. The van der Waals surface area contributed by atoms with Crippen molar-refractivity contribution in [2.75, 3.05) is 6.61 Å². The van der Waals surface area contributed by atoms with Crippen molar-refractivity contribution in [1.29, 1.82) is 0 Å². The van der Waals surface area contributed by atoms with Gasteiger partial charge in [0, 0.05) is 29.0 Å². The second-order valence-electron chi connectivity index (χ2n) is 6.28. The molecule has 1 aliphatic rings. The normalized spacial score (nSPS) is 14.5. The number of benzene rings is 1. The number of hydrogen-bond donors (Lipinski definition) is 0. The minimum Gasteiger partial charge on any atom is -0.483 e. The zero-order valence-corrected chi connectivity index (χ0v) is 14.6. The minimum absolute atomic E-state index is 0.0157. The van der Waals surface area contributed by atoms with Gasteiger partial charge in [-0.05, 0) is 19.9 Å². The third-order valence-corrected chi connectivity index (χ3v) is 4.55. The molecule has 3 rings (SSSR count). The molecule has 0 aliphatic carbocycles. The Morgan fingerprint density at radius 1 is 1.44 bits per heavy atom. The van der Waals surface area contributed by atoms with Crippen LogP contribution < -0.4 is 9.47 Å². The van der Waals surface area contributed by atoms with Gasteiger partial charge in [0.1, 0.15) is 12.2 Å². The smallest absolute Gasteiger partial charge is 0.344 e. The number of thiophene rings is 1. The average Bonchev–Trinajstić information content (AvgIpc) is 3.13. The second-order valence-corrected chi connectivity index (χ2v) is 7.17. The van der Waals surface area contributed by atoms with Crippen molar-refractivity contribution in [2.45, 2.75) is 32.5 Å². The van der Waals surface area contributed by atoms with Crippen LogP contribution in [0.25, 0.3) is 0 Å². The van der Waals surface area contributed by atoms with E-state index in [1.165, 1.54) is 6.07 Å². The maximum atomic E-state index is 11.8. The van der Waals surface area contributed by atoms with Crippen LogP contribution in [0.4, 0.5) is 5.00 Å². The van der Waals surface area contributed by atoms with Crippen LogP contribution in [0.2, 0.25) is 0 Å². The predicted molar refractivity (Wildman–Crippen MR) is 91.1 cm³/mol. The standard InChI is InChI=1S/C17H17NO6S/c1-17(2)7-12-4-3-5-13(16(12)24-17)22-9-15(19)23-8-11-6-14(18(20)21)25-10-11/h3-6,10H,7-9H2,1-2H3. The van der Waals surface area contributed by atoms with Gasteiger partial charge in [-0.3, -0.25) is 10.1 Å². The Balaban J connectivity index is 1.53. The summed E-state index contributed by atoms with van der Waals surface area (Å²) in [5, 5.41) is 12.2. The lowest BCUT2D eigenvalue weighted by atomic mass is 10.0. The number of hydrogen-bond acceptors (Lipinski definition) is 7. The molecule has 0 fully saturated rings. The van der Waals surface area contributed by atoms with Crippen molar-refractivity contribution in [3.05, 3.63) is 50.9 Å². The van der Waals surface area contributed by atoms with Crippen LogP contribution in [0, 0.1) is 10.1 Å². The van der Waals surface area contributed by atoms with Crippen molar-refractivity contribution < 1.29 is 23.9 Å². The first-order chi connectivity index (χ1) is 11.8. The summed E-state index contributed by atoms with van der Waals surface area (Å²) >= 11 is 0.995. The number of rotatable bonds is 6. The molecule has 0 saturated heterocycles. The third kappa shape index (κ3) is 4.08. The lowest BCUT2D eigenvalue weighted by Crippen LogP contribution is -2.24. The van der Waals surface area contributed by atoms with Gasteiger partial charge < -0.3 is 14.2 Å². The maximum Gasteiger partial charge on any atom is 0.344 e. The fourth-order valence-corrected chi connectivity index (χ4v) is 3.29. The van der Waals surface area contributed by atoms with E-state index < -0.39 is 10.9 Å². The largest absolute Gasteiger partial charge is 0.483 e. The highest BCUT2D eigenvalue weighted by molar-refractivity contribution is 7.13. The summed E-state index contributed by atoms with van der Waals surface area (Å²) in [6.45, 7) is 3.70. The van der Waals surface area contributed by atoms with E-state index in [9.17, 15) is 14.9 Å². The molecule has 1 aromatic carbocycles. The van der Waals surface area contributed by atoms with Crippen LogP contribution in [0.3, 0.4) is 0 Å². The zero-order chi connectivity index (χ0) is 18.0. The van der Waals surface area contributed by atoms with E-state index in [0.29, 0.717) is 17.1 Å². The number of carbonyl (C=O) groups is 1. The van der Waals surface area contributed by atoms with Crippen LogP contribution >= 0.6 is 11.3 Å². The van der Waals surface area contributed by atoms with Crippen LogP contribution in [0.1, 0.15) is 25.0 Å². The Morgan fingerprint density at radius 3 is 2.96 bits per heavy atom. The van der Waals surface area contributed by atoms with Crippen LogP contribution in [-0.2, 0) is 22.6 Å². The van der Waals surface area contributed by atoms with E-state index in [1.807, 2.05) is 26.0 Å². The number of carbonyl (C=O) groups excluding carboxylic acids is 1. The van der Waals surface area contributed by atoms with Gasteiger partial charge in [0.05, 0.1) is 4.92 Å². The molecule has 2 aromatic rings. The summed E-state index contributed by atoms with van der Waals surface area (Å²) in [4.78, 5) is 22.0. The molecule has 2 heterocycles. The number of nitro groups is 1. The van der Waals surface area contributed by atoms with E-state index in [2.05, 4.69) is 0 Å². The molecule has 0 spiro atoms. The molecule has 0 unspecified atom stereocenters. The highest BCUT2D eigenvalue weighted by atomic mass is 32.1. The fourth-order valence-electron chi connectivity index (χ4n) is 2.58. The molecule has 8 heteroatoms. The summed E-state index contributed by atoms with van der Waals surface area (Å²) in [6, 6.07) is 6.96. The van der Waals surface area contributed by atoms with Crippen molar-refractivity contribution in [2.24, 2.45) is 0 Å². The first-order valence-corrected chi connectivity index (χ1v) is 8.53. The summed E-state index contributed by atoms with van der Waals surface area (Å²) in [5.41, 5.74) is 1.33. The summed E-state index contributed by atoms with van der Waals surface area (Å²) in [6.07, 6.45) is 0.779. The lowest BCUT2D eigenvalue weighted by molar-refractivity contribution is -0.380. The molecule has 7 nitrogen and oxygen atoms in total. The Kier molecular flexibility index (Phi) is 4.63. The molecule has 1 aromatic heterocycles. The van der Waals surface area contributed by atoms with E-state index in [-0.39, 0.29) is 23.8 Å². The highest BCUT2D eigenvalue weighted by Gasteiger charge is 2.32. The van der Waals surface area contributed by atoms with Crippen molar-refractivity contribution in [3.63, 3.8) is 0 Å². The van der Waals surface area contributed by atoms with Gasteiger partial charge >= 0.3 is 11.0 Å². The summed E-state index contributed by atoms with van der Waals surface area (Å²) in [7, 11) is 0. The molecule has 0 radical (unpaired) electrons. The number of ether oxygens (including phenoxy) is 3. The van der Waals surface area contributed by atoms with Crippen molar-refractivity contribution in [3.8, 4) is 11.5 Å². The van der Waals surface area contributed by atoms with Gasteiger partial charge in [-0.2, -0.15) is 0 Å². The Hall–Kier alpha value is -2.61. The van der Waals surface area contributed by atoms with Gasteiger partial charge in [-0.25, -0.2) is 4.79 Å². The molecule has 0 amide bonds. The quantitative estimate of drug-likeness (QED) is 0.443. The van der Waals surface area contributed by atoms with Gasteiger partial charge in [-0.1, -0.05) is 23.5 Å². The van der Waals surface area contributed by atoms with E-state index in [1.54, 1.807) is 11.4 Å². The monoisotopic (exact) mass is 363 g/mol. The summed E-state index contributed by atoms with van der Waals surface area (Å²) in [5.74, 6) is 0.615. The fraction of sp³-hybridized carbons (Fsp3) is 0.353. The van der Waals surface area contributed by atoms with Gasteiger partial charge in [0.25, 0.3) is 0 Å². The second kappa shape index (κ2) is 6.72. The topological polar surface area (TPSA) is 87.9 Å². The number of esters is 1. The molecule has 0 saturated carbocycles. The molecule has 132 valence electrons. The van der Waals surface area contributed by atoms with E-state index in [0.717, 1.165) is 23.3 Å². The van der Waals surface area contributed by atoms with Gasteiger partial charge in [-0.15, -0.1) is 0 Å². The Morgan fingerprint density at radius 2 is 2.24 bits per heavy atom. The van der Waals surface area contributed by atoms with Crippen molar-refractivity contribution in [1.82, 2.24) is 0 Å². The number of nitrogens with zero attached hydrogens (tertiary/aromatic N) is 1. The van der Waals surface area contributed by atoms with Crippen LogP contribution in [0.5, 0.6) is 11.5 Å². The lowest BCUT2D eigenvalue weighted by Gasteiger charge is -2.18. The molecular formula is C17H17NO6S. The van der Waals surface area contributed by atoms with Crippen molar-refractivity contribution >= 4 is 22.3 Å². The first-order valence-electron chi connectivity index (χ1n) is 7.65.